The lowest BCUT2D eigenvalue weighted by Crippen LogP contribution is -2.26. The molecule has 6 nitrogen and oxygen atoms in total. The molecule has 0 amide bonds. The van der Waals surface area contributed by atoms with Crippen LogP contribution in [0.15, 0.2) is 29.2 Å². The Morgan fingerprint density at radius 1 is 1.26 bits per heavy atom. The van der Waals surface area contributed by atoms with Crippen molar-refractivity contribution in [2.24, 2.45) is 0 Å². The van der Waals surface area contributed by atoms with Crippen molar-refractivity contribution in [3.63, 3.8) is 0 Å². The predicted octanol–water partition coefficient (Wildman–Crippen LogP) is 3.21. The number of nitrogens with zero attached hydrogens (tertiary/aromatic N) is 1. The smallest absolute Gasteiger partial charge is 0.213 e. The van der Waals surface area contributed by atoms with Gasteiger partial charge in [0.25, 0.3) is 0 Å². The van der Waals surface area contributed by atoms with E-state index in [0.29, 0.717) is 31.4 Å². The predicted molar refractivity (Wildman–Crippen MR) is 104 cm³/mol. The molecule has 0 saturated carbocycles. The summed E-state index contributed by atoms with van der Waals surface area (Å²) in [4.78, 5) is 19.8. The van der Waals surface area contributed by atoms with Crippen molar-refractivity contribution in [3.8, 4) is 11.8 Å². The SMILES string of the molecule is CCOc1ccc(CCc2[nH]c(OCC3CCCCO3)cc(=O)c2C)cn1. The third kappa shape index (κ3) is 5.57. The average molecular weight is 372 g/mol. The van der Waals surface area contributed by atoms with Gasteiger partial charge in [0.2, 0.25) is 5.88 Å². The van der Waals surface area contributed by atoms with E-state index in [4.69, 9.17) is 14.2 Å². The molecule has 1 atom stereocenters. The lowest BCUT2D eigenvalue weighted by Gasteiger charge is -2.22. The lowest BCUT2D eigenvalue weighted by atomic mass is 10.1. The molecule has 2 aromatic heterocycles. The highest BCUT2D eigenvalue weighted by Crippen LogP contribution is 2.16. The van der Waals surface area contributed by atoms with Gasteiger partial charge in [0.1, 0.15) is 6.61 Å². The van der Waals surface area contributed by atoms with Crippen LogP contribution in [0.3, 0.4) is 0 Å². The Morgan fingerprint density at radius 3 is 2.85 bits per heavy atom. The zero-order valence-electron chi connectivity index (χ0n) is 16.1. The summed E-state index contributed by atoms with van der Waals surface area (Å²) in [5.41, 5.74) is 2.72. The lowest BCUT2D eigenvalue weighted by molar-refractivity contribution is -0.0120. The molecule has 0 bridgehead atoms. The van der Waals surface area contributed by atoms with E-state index in [0.717, 1.165) is 42.7 Å². The van der Waals surface area contributed by atoms with Gasteiger partial charge in [-0.2, -0.15) is 0 Å². The molecule has 0 spiro atoms. The van der Waals surface area contributed by atoms with E-state index in [1.165, 1.54) is 12.5 Å². The van der Waals surface area contributed by atoms with Gasteiger partial charge in [-0.05, 0) is 51.5 Å². The van der Waals surface area contributed by atoms with E-state index < -0.39 is 0 Å². The number of pyridine rings is 2. The molecule has 1 aliphatic heterocycles. The van der Waals surface area contributed by atoms with Gasteiger partial charge >= 0.3 is 0 Å². The first-order chi connectivity index (χ1) is 13.2. The first-order valence-electron chi connectivity index (χ1n) is 9.70. The Kier molecular flexibility index (Phi) is 6.87. The normalized spacial score (nSPS) is 16.9. The maximum Gasteiger partial charge on any atom is 0.213 e. The maximum absolute atomic E-state index is 12.3. The highest BCUT2D eigenvalue weighted by molar-refractivity contribution is 5.26. The Labute approximate surface area is 159 Å². The largest absolute Gasteiger partial charge is 0.478 e. The zero-order valence-corrected chi connectivity index (χ0v) is 16.1. The first-order valence-corrected chi connectivity index (χ1v) is 9.70. The van der Waals surface area contributed by atoms with Crippen molar-refractivity contribution < 1.29 is 14.2 Å². The van der Waals surface area contributed by atoms with Gasteiger partial charge in [0.15, 0.2) is 11.3 Å². The number of nitrogens with one attached hydrogen (secondary N) is 1. The Hall–Kier alpha value is -2.34. The number of aryl methyl sites for hydroxylation is 2. The summed E-state index contributed by atoms with van der Waals surface area (Å²) in [6.07, 6.45) is 6.72. The van der Waals surface area contributed by atoms with Crippen molar-refractivity contribution in [2.45, 2.75) is 52.1 Å². The van der Waals surface area contributed by atoms with E-state index in [2.05, 4.69) is 9.97 Å². The Balaban J connectivity index is 1.61. The van der Waals surface area contributed by atoms with Crippen LogP contribution in [0.5, 0.6) is 11.8 Å². The van der Waals surface area contributed by atoms with Crippen LogP contribution in [-0.4, -0.2) is 35.9 Å². The summed E-state index contributed by atoms with van der Waals surface area (Å²) in [7, 11) is 0. The van der Waals surface area contributed by atoms with E-state index in [1.807, 2.05) is 32.2 Å². The highest BCUT2D eigenvalue weighted by atomic mass is 16.5. The molecule has 1 aliphatic rings. The van der Waals surface area contributed by atoms with Crippen molar-refractivity contribution in [3.05, 3.63) is 51.4 Å². The average Bonchev–Trinajstić information content (AvgIpc) is 2.70. The second kappa shape index (κ2) is 9.55. The fourth-order valence-corrected chi connectivity index (χ4v) is 3.17. The molecular formula is C21H28N2O4. The molecule has 0 aliphatic carbocycles. The van der Waals surface area contributed by atoms with Gasteiger partial charge in [0.05, 0.1) is 12.7 Å². The standard InChI is InChI=1S/C21H28N2O4/c1-3-25-20-10-8-16(13-22-20)7-9-18-15(2)19(24)12-21(23-18)27-14-17-6-4-5-11-26-17/h8,10,12-13,17H,3-7,9,11,14H2,1-2H3,(H,23,24). The molecule has 0 aromatic carbocycles. The second-order valence-corrected chi connectivity index (χ2v) is 6.84. The van der Waals surface area contributed by atoms with Crippen molar-refractivity contribution >= 4 is 0 Å². The van der Waals surface area contributed by atoms with Crippen LogP contribution in [0.1, 0.15) is 43.0 Å². The van der Waals surface area contributed by atoms with E-state index in [9.17, 15) is 4.79 Å². The Bertz CT molecular complexity index is 780. The number of hydrogen-bond donors (Lipinski definition) is 1. The van der Waals surface area contributed by atoms with E-state index in [1.54, 1.807) is 0 Å². The molecule has 3 heterocycles. The minimum Gasteiger partial charge on any atom is -0.478 e. The van der Waals surface area contributed by atoms with Gasteiger partial charge in [-0.15, -0.1) is 0 Å². The fraction of sp³-hybridized carbons (Fsp3) is 0.524. The monoisotopic (exact) mass is 372 g/mol. The fourth-order valence-electron chi connectivity index (χ4n) is 3.17. The molecule has 2 aromatic rings. The third-order valence-corrected chi connectivity index (χ3v) is 4.81. The summed E-state index contributed by atoms with van der Waals surface area (Å²) in [5.74, 6) is 1.14. The molecule has 146 valence electrons. The van der Waals surface area contributed by atoms with Gasteiger partial charge in [-0.3, -0.25) is 4.79 Å². The van der Waals surface area contributed by atoms with Gasteiger partial charge in [0, 0.05) is 36.2 Å². The summed E-state index contributed by atoms with van der Waals surface area (Å²) < 4.78 is 16.9. The molecule has 0 radical (unpaired) electrons. The second-order valence-electron chi connectivity index (χ2n) is 6.84. The van der Waals surface area contributed by atoms with Crippen LogP contribution in [0.2, 0.25) is 0 Å². The Morgan fingerprint density at radius 2 is 2.15 bits per heavy atom. The summed E-state index contributed by atoms with van der Waals surface area (Å²) in [6, 6.07) is 5.41. The molecule has 6 heteroatoms. The molecular weight excluding hydrogens is 344 g/mol. The van der Waals surface area contributed by atoms with E-state index >= 15 is 0 Å². The zero-order chi connectivity index (χ0) is 19.1. The molecule has 1 fully saturated rings. The highest BCUT2D eigenvalue weighted by Gasteiger charge is 2.15. The summed E-state index contributed by atoms with van der Waals surface area (Å²) in [5, 5.41) is 0. The molecule has 1 unspecified atom stereocenters. The van der Waals surface area contributed by atoms with Gasteiger partial charge < -0.3 is 19.2 Å². The maximum atomic E-state index is 12.3. The molecule has 27 heavy (non-hydrogen) atoms. The number of hydrogen-bond acceptors (Lipinski definition) is 5. The van der Waals surface area contributed by atoms with Crippen molar-refractivity contribution in [1.29, 1.82) is 0 Å². The van der Waals surface area contributed by atoms with Gasteiger partial charge in [-0.25, -0.2) is 4.98 Å². The van der Waals surface area contributed by atoms with E-state index in [-0.39, 0.29) is 11.5 Å². The minimum atomic E-state index is -0.00636. The molecule has 1 saturated heterocycles. The number of H-pyrrole nitrogens is 1. The van der Waals surface area contributed by atoms with Crippen LogP contribution in [0.4, 0.5) is 0 Å². The summed E-state index contributed by atoms with van der Waals surface area (Å²) in [6.45, 7) is 5.65. The molecule has 3 rings (SSSR count). The van der Waals surface area contributed by atoms with Crippen LogP contribution in [-0.2, 0) is 17.6 Å². The topological polar surface area (TPSA) is 73.4 Å². The first kappa shape index (κ1) is 19.4. The number of ether oxygens (including phenoxy) is 3. The van der Waals surface area contributed by atoms with Crippen LogP contribution in [0.25, 0.3) is 0 Å². The number of aromatic amines is 1. The number of rotatable bonds is 8. The quantitative estimate of drug-likeness (QED) is 0.770. The minimum absolute atomic E-state index is 0.00636. The molecule has 1 N–H and O–H groups in total. The van der Waals surface area contributed by atoms with Gasteiger partial charge in [-0.1, -0.05) is 6.07 Å². The van der Waals surface area contributed by atoms with Crippen molar-refractivity contribution in [2.75, 3.05) is 19.8 Å². The van der Waals surface area contributed by atoms with Crippen LogP contribution >= 0.6 is 0 Å². The number of aromatic nitrogens is 2. The van der Waals surface area contributed by atoms with Crippen LogP contribution < -0.4 is 14.9 Å². The summed E-state index contributed by atoms with van der Waals surface area (Å²) >= 11 is 0. The van der Waals surface area contributed by atoms with Crippen molar-refractivity contribution in [1.82, 2.24) is 9.97 Å². The third-order valence-electron chi connectivity index (χ3n) is 4.81. The van der Waals surface area contributed by atoms with Crippen LogP contribution in [0, 0.1) is 6.92 Å².